The molecule has 0 atom stereocenters. The number of rotatable bonds is 2. The van der Waals surface area contributed by atoms with E-state index in [2.05, 4.69) is 10.1 Å². The molecule has 20 heavy (non-hydrogen) atoms. The fourth-order valence-corrected chi connectivity index (χ4v) is 3.23. The van der Waals surface area contributed by atoms with Gasteiger partial charge >= 0.3 is 0 Å². The fourth-order valence-electron chi connectivity index (χ4n) is 2.41. The third-order valence-corrected chi connectivity index (χ3v) is 4.42. The summed E-state index contributed by atoms with van der Waals surface area (Å²) in [6.45, 7) is 3.33. The van der Waals surface area contributed by atoms with Crippen LogP contribution in [0.25, 0.3) is 4.96 Å². The molecule has 0 radical (unpaired) electrons. The van der Waals surface area contributed by atoms with Crippen molar-refractivity contribution in [3.05, 3.63) is 27.1 Å². The van der Waals surface area contributed by atoms with E-state index in [9.17, 15) is 9.59 Å². The van der Waals surface area contributed by atoms with Crippen LogP contribution in [-0.2, 0) is 11.2 Å². The van der Waals surface area contributed by atoms with Crippen LogP contribution in [0.15, 0.2) is 10.2 Å². The minimum absolute atomic E-state index is 0.127. The summed E-state index contributed by atoms with van der Waals surface area (Å²) < 4.78 is 1.61. The first-order valence-corrected chi connectivity index (χ1v) is 7.65. The van der Waals surface area contributed by atoms with E-state index in [1.807, 2.05) is 10.3 Å². The van der Waals surface area contributed by atoms with Gasteiger partial charge in [-0.1, -0.05) is 0 Å². The number of thiazole rings is 1. The zero-order valence-corrected chi connectivity index (χ0v) is 12.2. The van der Waals surface area contributed by atoms with Crippen LogP contribution in [0.4, 0.5) is 0 Å². The van der Waals surface area contributed by atoms with Crippen molar-refractivity contribution in [2.24, 2.45) is 0 Å². The summed E-state index contributed by atoms with van der Waals surface area (Å²) in [5.41, 5.74) is 0.851. The predicted octanol–water partition coefficient (Wildman–Crippen LogP) is 1.01. The van der Waals surface area contributed by atoms with E-state index in [0.717, 1.165) is 31.6 Å². The Morgan fingerprint density at radius 2 is 2.10 bits per heavy atom. The van der Waals surface area contributed by atoms with Crippen LogP contribution >= 0.6 is 11.3 Å². The summed E-state index contributed by atoms with van der Waals surface area (Å²) in [6.07, 6.45) is 3.69. The molecule has 106 valence electrons. The molecule has 1 saturated heterocycles. The monoisotopic (exact) mass is 292 g/mol. The van der Waals surface area contributed by atoms with Crippen molar-refractivity contribution in [3.63, 3.8) is 0 Å². The van der Waals surface area contributed by atoms with Gasteiger partial charge in [-0.15, -0.1) is 11.3 Å². The van der Waals surface area contributed by atoms with E-state index in [1.54, 1.807) is 11.4 Å². The zero-order chi connectivity index (χ0) is 14.1. The Morgan fingerprint density at radius 3 is 2.85 bits per heavy atom. The second-order valence-electron chi connectivity index (χ2n) is 5.04. The number of hydrogen-bond acceptors (Lipinski definition) is 5. The van der Waals surface area contributed by atoms with Crippen LogP contribution in [0.1, 0.15) is 30.7 Å². The average Bonchev–Trinajstić information content (AvgIpc) is 2.83. The smallest absolute Gasteiger partial charge is 0.295 e. The van der Waals surface area contributed by atoms with Gasteiger partial charge in [0.15, 0.2) is 0 Å². The fraction of sp³-hybridized carbons (Fsp3) is 0.538. The highest BCUT2D eigenvalue weighted by Crippen LogP contribution is 2.15. The minimum atomic E-state index is -0.305. The standard InChI is InChI=1S/C13H16N4O2S/c1-9-12(19)14-13-17(15-9)10(8-20-13)7-11(18)16-5-3-2-4-6-16/h8H,2-7H2,1H3. The molecule has 6 nitrogen and oxygen atoms in total. The highest BCUT2D eigenvalue weighted by Gasteiger charge is 2.19. The number of piperidine rings is 1. The quantitative estimate of drug-likeness (QED) is 0.828. The zero-order valence-electron chi connectivity index (χ0n) is 11.3. The van der Waals surface area contributed by atoms with E-state index < -0.39 is 0 Å². The second kappa shape index (κ2) is 5.32. The Morgan fingerprint density at radius 1 is 1.35 bits per heavy atom. The number of carbonyl (C=O) groups excluding carboxylic acids is 1. The lowest BCUT2D eigenvalue weighted by Gasteiger charge is -2.26. The molecule has 0 bridgehead atoms. The molecule has 1 aliphatic rings. The van der Waals surface area contributed by atoms with Gasteiger partial charge in [-0.3, -0.25) is 9.59 Å². The van der Waals surface area contributed by atoms with Crippen LogP contribution in [0.3, 0.4) is 0 Å². The second-order valence-corrected chi connectivity index (χ2v) is 5.88. The molecule has 0 aromatic carbocycles. The van der Waals surface area contributed by atoms with Gasteiger partial charge in [-0.05, 0) is 26.2 Å². The van der Waals surface area contributed by atoms with Crippen molar-refractivity contribution in [2.45, 2.75) is 32.6 Å². The molecule has 0 aliphatic carbocycles. The predicted molar refractivity (Wildman–Crippen MR) is 76.0 cm³/mol. The number of aromatic nitrogens is 3. The Kier molecular flexibility index (Phi) is 3.52. The molecule has 0 saturated carbocycles. The summed E-state index contributed by atoms with van der Waals surface area (Å²) in [7, 11) is 0. The van der Waals surface area contributed by atoms with E-state index in [0.29, 0.717) is 17.1 Å². The molecular weight excluding hydrogens is 276 g/mol. The summed E-state index contributed by atoms with van der Waals surface area (Å²) in [6, 6.07) is 0. The van der Waals surface area contributed by atoms with Crippen molar-refractivity contribution in [1.82, 2.24) is 19.5 Å². The molecule has 3 heterocycles. The minimum Gasteiger partial charge on any atom is -0.342 e. The van der Waals surface area contributed by atoms with Crippen molar-refractivity contribution in [1.29, 1.82) is 0 Å². The Bertz CT molecular complexity index is 700. The number of fused-ring (bicyclic) bond motifs is 1. The Labute approximate surface area is 120 Å². The van der Waals surface area contributed by atoms with Crippen molar-refractivity contribution in [2.75, 3.05) is 13.1 Å². The van der Waals surface area contributed by atoms with Gasteiger partial charge in [0.25, 0.3) is 5.56 Å². The highest BCUT2D eigenvalue weighted by molar-refractivity contribution is 7.15. The summed E-state index contributed by atoms with van der Waals surface area (Å²) >= 11 is 1.34. The molecular formula is C13H16N4O2S. The van der Waals surface area contributed by atoms with E-state index in [-0.39, 0.29) is 11.5 Å². The van der Waals surface area contributed by atoms with Gasteiger partial charge < -0.3 is 4.90 Å². The largest absolute Gasteiger partial charge is 0.342 e. The van der Waals surface area contributed by atoms with Crippen molar-refractivity contribution >= 4 is 22.2 Å². The summed E-state index contributed by atoms with van der Waals surface area (Å²) in [5.74, 6) is 0.127. The molecule has 0 spiro atoms. The molecule has 3 rings (SSSR count). The Hall–Kier alpha value is -1.76. The SMILES string of the molecule is Cc1nn2c(CC(=O)N3CCCCC3)csc2nc1=O. The lowest BCUT2D eigenvalue weighted by molar-refractivity contribution is -0.131. The molecule has 2 aromatic heterocycles. The number of aryl methyl sites for hydroxylation is 1. The molecule has 0 unspecified atom stereocenters. The van der Waals surface area contributed by atoms with E-state index in [4.69, 9.17) is 0 Å². The third kappa shape index (κ3) is 2.45. The highest BCUT2D eigenvalue weighted by atomic mass is 32.1. The number of likely N-dealkylation sites (tertiary alicyclic amines) is 1. The lowest BCUT2D eigenvalue weighted by atomic mass is 10.1. The first kappa shape index (κ1) is 13.2. The number of hydrogen-bond donors (Lipinski definition) is 0. The first-order valence-electron chi connectivity index (χ1n) is 6.77. The number of carbonyl (C=O) groups is 1. The topological polar surface area (TPSA) is 67.6 Å². The van der Waals surface area contributed by atoms with Crippen LogP contribution < -0.4 is 5.56 Å². The van der Waals surface area contributed by atoms with Crippen molar-refractivity contribution < 1.29 is 4.79 Å². The van der Waals surface area contributed by atoms with Gasteiger partial charge in [-0.2, -0.15) is 10.1 Å². The summed E-state index contributed by atoms with van der Waals surface area (Å²) in [5, 5.41) is 6.07. The maximum Gasteiger partial charge on any atom is 0.295 e. The normalized spacial score (nSPS) is 15.8. The molecule has 1 aliphatic heterocycles. The van der Waals surface area contributed by atoms with E-state index in [1.165, 1.54) is 17.8 Å². The lowest BCUT2D eigenvalue weighted by Crippen LogP contribution is -2.36. The molecule has 2 aromatic rings. The Balaban J connectivity index is 1.85. The molecule has 0 N–H and O–H groups in total. The van der Waals surface area contributed by atoms with Gasteiger partial charge in [0.1, 0.15) is 5.69 Å². The average molecular weight is 292 g/mol. The maximum atomic E-state index is 12.3. The van der Waals surface area contributed by atoms with Crippen LogP contribution in [0.5, 0.6) is 0 Å². The molecule has 7 heteroatoms. The van der Waals surface area contributed by atoms with Crippen LogP contribution in [0.2, 0.25) is 0 Å². The number of amides is 1. The van der Waals surface area contributed by atoms with Gasteiger partial charge in [0.05, 0.1) is 12.1 Å². The molecule has 1 fully saturated rings. The number of nitrogens with zero attached hydrogens (tertiary/aromatic N) is 4. The first-order chi connectivity index (χ1) is 9.65. The van der Waals surface area contributed by atoms with Crippen molar-refractivity contribution in [3.8, 4) is 0 Å². The summed E-state index contributed by atoms with van der Waals surface area (Å²) in [4.78, 5) is 30.1. The van der Waals surface area contributed by atoms with Crippen LogP contribution in [0, 0.1) is 6.92 Å². The van der Waals surface area contributed by atoms with Gasteiger partial charge in [-0.25, -0.2) is 4.52 Å². The van der Waals surface area contributed by atoms with Gasteiger partial charge in [0.2, 0.25) is 10.9 Å². The molecule has 1 amide bonds. The van der Waals surface area contributed by atoms with E-state index >= 15 is 0 Å². The van der Waals surface area contributed by atoms with Crippen LogP contribution in [-0.4, -0.2) is 38.5 Å². The van der Waals surface area contributed by atoms with Gasteiger partial charge in [0, 0.05) is 18.5 Å². The third-order valence-electron chi connectivity index (χ3n) is 3.55. The maximum absolute atomic E-state index is 12.3.